The number of nitrogens with one attached hydrogen (secondary N) is 3. The lowest BCUT2D eigenvalue weighted by molar-refractivity contribution is -0.199. The second-order valence-corrected chi connectivity index (χ2v) is 15.7. The summed E-state index contributed by atoms with van der Waals surface area (Å²) >= 11 is 0. The van der Waals surface area contributed by atoms with E-state index in [-0.39, 0.29) is 48.1 Å². The first-order valence-electron chi connectivity index (χ1n) is 18.7. The summed E-state index contributed by atoms with van der Waals surface area (Å²) in [5, 5.41) is 8.99. The van der Waals surface area contributed by atoms with Gasteiger partial charge in [0.2, 0.25) is 17.7 Å². The Balaban J connectivity index is 1.41. The van der Waals surface area contributed by atoms with Gasteiger partial charge in [-0.1, -0.05) is 79.2 Å². The van der Waals surface area contributed by atoms with Gasteiger partial charge >= 0.3 is 7.12 Å². The predicted octanol–water partition coefficient (Wildman–Crippen LogP) is 5.79. The van der Waals surface area contributed by atoms with E-state index in [1.165, 1.54) is 25.7 Å². The molecule has 3 N–H and O–H groups in total. The summed E-state index contributed by atoms with van der Waals surface area (Å²) in [7, 11) is 2.52. The van der Waals surface area contributed by atoms with Gasteiger partial charge < -0.3 is 34.7 Å². The molecule has 1 saturated heterocycles. The maximum atomic E-state index is 14.0. The van der Waals surface area contributed by atoms with Crippen LogP contribution in [0.1, 0.15) is 118 Å². The van der Waals surface area contributed by atoms with Crippen LogP contribution in [0.5, 0.6) is 11.5 Å². The molecule has 1 heterocycles. The number of benzene rings is 1. The van der Waals surface area contributed by atoms with Gasteiger partial charge in [-0.15, -0.1) is 0 Å². The van der Waals surface area contributed by atoms with Crippen LogP contribution in [-0.2, 0) is 30.1 Å². The van der Waals surface area contributed by atoms with Gasteiger partial charge in [0.15, 0.2) is 11.5 Å². The van der Waals surface area contributed by atoms with E-state index in [4.69, 9.17) is 18.8 Å². The molecule has 3 saturated carbocycles. The monoisotopic (exact) mass is 683 g/mol. The summed E-state index contributed by atoms with van der Waals surface area (Å²) in [5.41, 5.74) is 0.550. The Labute approximate surface area is 295 Å². The Morgan fingerprint density at radius 3 is 2.29 bits per heavy atom. The maximum Gasteiger partial charge on any atom is 0.481 e. The van der Waals surface area contributed by atoms with Crippen molar-refractivity contribution in [2.75, 3.05) is 20.8 Å². The molecule has 1 aromatic carbocycles. The number of amides is 3. The first-order chi connectivity index (χ1) is 23.3. The number of hydrogen-bond donors (Lipinski definition) is 3. The Bertz CT molecular complexity index is 1280. The molecular weight excluding hydrogens is 621 g/mol. The highest BCUT2D eigenvalue weighted by atomic mass is 16.7. The highest BCUT2D eigenvalue weighted by Crippen LogP contribution is 2.65. The van der Waals surface area contributed by atoms with E-state index in [9.17, 15) is 14.4 Å². The fraction of sp³-hybridized carbons (Fsp3) is 0.763. The zero-order valence-corrected chi connectivity index (χ0v) is 31.3. The molecule has 10 nitrogen and oxygen atoms in total. The molecule has 4 aliphatic rings. The minimum Gasteiger partial charge on any atom is -0.493 e. The smallest absolute Gasteiger partial charge is 0.481 e. The van der Waals surface area contributed by atoms with Crippen LogP contribution in [-0.4, -0.2) is 69.3 Å². The summed E-state index contributed by atoms with van der Waals surface area (Å²) in [4.78, 5) is 40.2. The zero-order valence-electron chi connectivity index (χ0n) is 31.3. The molecule has 5 rings (SSSR count). The third kappa shape index (κ3) is 9.72. The largest absolute Gasteiger partial charge is 0.493 e. The minimum absolute atomic E-state index is 0.00539. The van der Waals surface area contributed by atoms with Gasteiger partial charge in [-0.25, -0.2) is 0 Å². The number of carbonyl (C=O) groups is 3. The molecule has 49 heavy (non-hydrogen) atoms. The van der Waals surface area contributed by atoms with Gasteiger partial charge in [0, 0.05) is 13.0 Å². The van der Waals surface area contributed by atoms with Gasteiger partial charge in [0.05, 0.1) is 38.3 Å². The van der Waals surface area contributed by atoms with E-state index < -0.39 is 24.7 Å². The third-order valence-electron chi connectivity index (χ3n) is 11.3. The Kier molecular flexibility index (Phi) is 13.9. The Hall–Kier alpha value is -2.79. The fourth-order valence-corrected chi connectivity index (χ4v) is 8.27. The van der Waals surface area contributed by atoms with E-state index in [0.717, 1.165) is 37.7 Å². The molecule has 0 aromatic heterocycles. The molecule has 3 aliphatic carbocycles. The average molecular weight is 684 g/mol. The maximum absolute atomic E-state index is 14.0. The van der Waals surface area contributed by atoms with Crippen LogP contribution in [0.3, 0.4) is 0 Å². The average Bonchev–Trinajstić information content (AvgIpc) is 3.42. The third-order valence-corrected chi connectivity index (χ3v) is 11.3. The van der Waals surface area contributed by atoms with Crippen LogP contribution < -0.4 is 25.4 Å². The Morgan fingerprint density at radius 2 is 1.63 bits per heavy atom. The molecule has 3 amide bonds. The van der Waals surface area contributed by atoms with Crippen LogP contribution in [0.4, 0.5) is 0 Å². The molecule has 11 heteroatoms. The van der Waals surface area contributed by atoms with Crippen LogP contribution in [0, 0.1) is 23.2 Å². The normalized spacial score (nSPS) is 24.8. The van der Waals surface area contributed by atoms with Gasteiger partial charge in [-0.05, 0) is 73.5 Å². The lowest BCUT2D eigenvalue weighted by atomic mass is 9.43. The number of carbonyl (C=O) groups excluding carboxylic acids is 3. The second kappa shape index (κ2) is 17.4. The minimum atomic E-state index is -0.952. The number of methoxy groups -OCH3 is 2. The van der Waals surface area contributed by atoms with Crippen LogP contribution in [0.25, 0.3) is 0 Å². The van der Waals surface area contributed by atoms with Gasteiger partial charge in [-0.2, -0.15) is 0 Å². The molecule has 0 spiro atoms. The standard InChI is InChI=1S/C38H62BN3O7/c1-9-10-11-12-13-14-15-16-34(43)41-28(24-40-35(44)21-26-17-18-29(46-7)30(20-26)47-8)36(45)42-33(19-25(2)3)39-48-32-23-27-22-31(37(27,4)5)38(32,6)49-39/h17-18,20,25,27-28,31-33H,9-16,19,21-24H2,1-8H3,(H,40,44)(H,41,43)(H,42,45)/t27-,28-,31-,32+,33-,38-/m0/s1. The summed E-state index contributed by atoms with van der Waals surface area (Å²) < 4.78 is 24.0. The quantitative estimate of drug-likeness (QED) is 0.118. The van der Waals surface area contributed by atoms with E-state index in [1.54, 1.807) is 32.4 Å². The highest BCUT2D eigenvalue weighted by molar-refractivity contribution is 6.48. The number of unbranched alkanes of at least 4 members (excludes halogenated alkanes) is 6. The molecule has 4 fully saturated rings. The number of hydrogen-bond acceptors (Lipinski definition) is 7. The van der Waals surface area contributed by atoms with Gasteiger partial charge in [0.25, 0.3) is 0 Å². The van der Waals surface area contributed by atoms with E-state index in [2.05, 4.69) is 57.5 Å². The van der Waals surface area contributed by atoms with Crippen molar-refractivity contribution in [2.45, 2.75) is 142 Å². The van der Waals surface area contributed by atoms with Crippen molar-refractivity contribution in [3.05, 3.63) is 23.8 Å². The molecule has 1 aromatic rings. The SMILES string of the molecule is CCCCCCCCCC(=O)N[C@@H](CNC(=O)Cc1ccc(OC)c(OC)c1)C(=O)N[C@@H](CC(C)C)B1O[C@@H]2C[C@@H]3C[C@@H](C3(C)C)[C@]2(C)O1. The summed E-state index contributed by atoms with van der Waals surface area (Å²) in [6, 6.07) is 4.36. The van der Waals surface area contributed by atoms with Crippen molar-refractivity contribution >= 4 is 24.8 Å². The van der Waals surface area contributed by atoms with Crippen molar-refractivity contribution in [1.82, 2.24) is 16.0 Å². The zero-order chi connectivity index (χ0) is 35.8. The topological polar surface area (TPSA) is 124 Å². The molecule has 0 radical (unpaired) electrons. The summed E-state index contributed by atoms with van der Waals surface area (Å²) in [6.45, 7) is 13.2. The lowest BCUT2D eigenvalue weighted by Crippen LogP contribution is -2.65. The fourth-order valence-electron chi connectivity index (χ4n) is 8.27. The molecule has 6 atom stereocenters. The van der Waals surface area contributed by atoms with Crippen LogP contribution in [0.15, 0.2) is 18.2 Å². The summed E-state index contributed by atoms with van der Waals surface area (Å²) in [6.07, 6.45) is 10.8. The molecule has 2 bridgehead atoms. The number of ether oxygens (including phenoxy) is 2. The lowest BCUT2D eigenvalue weighted by Gasteiger charge is -2.64. The first-order valence-corrected chi connectivity index (χ1v) is 18.7. The van der Waals surface area contributed by atoms with Crippen molar-refractivity contribution < 1.29 is 33.2 Å². The summed E-state index contributed by atoms with van der Waals surface area (Å²) in [5.74, 6) is 1.17. The van der Waals surface area contributed by atoms with E-state index >= 15 is 0 Å². The molecule has 274 valence electrons. The predicted molar refractivity (Wildman–Crippen MR) is 192 cm³/mol. The van der Waals surface area contributed by atoms with E-state index in [1.807, 2.05) is 0 Å². The van der Waals surface area contributed by atoms with Gasteiger partial charge in [-0.3, -0.25) is 14.4 Å². The van der Waals surface area contributed by atoms with Crippen LogP contribution in [0.2, 0.25) is 0 Å². The van der Waals surface area contributed by atoms with Crippen molar-refractivity contribution in [2.24, 2.45) is 23.2 Å². The molecule has 0 unspecified atom stereocenters. The van der Waals surface area contributed by atoms with Crippen LogP contribution >= 0.6 is 0 Å². The molecular formula is C38H62BN3O7. The number of rotatable bonds is 20. The van der Waals surface area contributed by atoms with Crippen molar-refractivity contribution in [1.29, 1.82) is 0 Å². The van der Waals surface area contributed by atoms with Crippen molar-refractivity contribution in [3.8, 4) is 11.5 Å². The van der Waals surface area contributed by atoms with Crippen molar-refractivity contribution in [3.63, 3.8) is 0 Å². The first kappa shape index (κ1) is 39.0. The Morgan fingerprint density at radius 1 is 0.939 bits per heavy atom. The second-order valence-electron chi connectivity index (χ2n) is 15.7. The molecule has 1 aliphatic heterocycles. The highest BCUT2D eigenvalue weighted by Gasteiger charge is 2.68. The van der Waals surface area contributed by atoms with Gasteiger partial charge in [0.1, 0.15) is 6.04 Å². The van der Waals surface area contributed by atoms with E-state index in [0.29, 0.717) is 36.2 Å².